The smallest absolute Gasteiger partial charge is 0.100 e. The Morgan fingerprint density at radius 2 is 1.41 bits per heavy atom. The van der Waals surface area contributed by atoms with Gasteiger partial charge >= 0.3 is 0 Å². The number of benzene rings is 3. The van der Waals surface area contributed by atoms with Crippen molar-refractivity contribution >= 4 is 11.9 Å². The van der Waals surface area contributed by atoms with Crippen LogP contribution >= 0.6 is 0 Å². The van der Waals surface area contributed by atoms with Gasteiger partial charge in [0.1, 0.15) is 5.71 Å². The fourth-order valence-corrected chi connectivity index (χ4v) is 3.01. The lowest BCUT2D eigenvalue weighted by molar-refractivity contribution is 0.495. The minimum absolute atomic E-state index is 0.352. The highest BCUT2D eigenvalue weighted by Crippen LogP contribution is 2.14. The SMILES string of the molecule is C=CCCc1ccc(C=NN=C(c2ccccc2)c2ccc(CCF)cc2)cc1. The van der Waals surface area contributed by atoms with Crippen LogP contribution in [-0.2, 0) is 12.8 Å². The molecule has 0 atom stereocenters. The molecule has 0 N–H and O–H groups in total. The molecule has 0 saturated heterocycles. The quantitative estimate of drug-likeness (QED) is 0.239. The Balaban J connectivity index is 1.83. The minimum atomic E-state index is -0.352. The molecule has 2 nitrogen and oxygen atoms in total. The topological polar surface area (TPSA) is 24.7 Å². The van der Waals surface area contributed by atoms with Crippen LogP contribution in [-0.4, -0.2) is 18.6 Å². The van der Waals surface area contributed by atoms with Crippen molar-refractivity contribution in [2.24, 2.45) is 10.2 Å². The average Bonchev–Trinajstić information content (AvgIpc) is 2.78. The third-order valence-corrected chi connectivity index (χ3v) is 4.64. The molecule has 29 heavy (non-hydrogen) atoms. The molecule has 0 aromatic heterocycles. The van der Waals surface area contributed by atoms with E-state index in [1.807, 2.05) is 72.8 Å². The van der Waals surface area contributed by atoms with Crippen LogP contribution in [0.2, 0.25) is 0 Å². The number of halogens is 1. The number of rotatable bonds is 9. The van der Waals surface area contributed by atoms with Crippen LogP contribution in [0.3, 0.4) is 0 Å². The molecular weight excluding hydrogens is 359 g/mol. The number of nitrogens with zero attached hydrogens (tertiary/aromatic N) is 2. The van der Waals surface area contributed by atoms with Gasteiger partial charge in [-0.25, -0.2) is 0 Å². The van der Waals surface area contributed by atoms with Gasteiger partial charge in [0.25, 0.3) is 0 Å². The molecule has 0 spiro atoms. The van der Waals surface area contributed by atoms with Crippen molar-refractivity contribution in [1.82, 2.24) is 0 Å². The molecule has 0 aliphatic carbocycles. The number of hydrogen-bond donors (Lipinski definition) is 0. The zero-order chi connectivity index (χ0) is 20.3. The summed E-state index contributed by atoms with van der Waals surface area (Å²) >= 11 is 0. The van der Waals surface area contributed by atoms with Gasteiger partial charge in [-0.15, -0.1) is 11.7 Å². The van der Waals surface area contributed by atoms with E-state index in [-0.39, 0.29) is 6.67 Å². The van der Waals surface area contributed by atoms with Crippen molar-refractivity contribution in [1.29, 1.82) is 0 Å². The van der Waals surface area contributed by atoms with E-state index in [1.54, 1.807) is 6.21 Å². The zero-order valence-corrected chi connectivity index (χ0v) is 16.5. The normalized spacial score (nSPS) is 11.7. The van der Waals surface area contributed by atoms with Crippen LogP contribution in [0.5, 0.6) is 0 Å². The molecule has 0 bridgehead atoms. The van der Waals surface area contributed by atoms with E-state index in [2.05, 4.69) is 28.9 Å². The molecule has 3 aromatic carbocycles. The Hall–Kier alpha value is -3.33. The van der Waals surface area contributed by atoms with Crippen LogP contribution in [0.4, 0.5) is 4.39 Å². The predicted octanol–water partition coefficient (Wildman–Crippen LogP) is 6.19. The van der Waals surface area contributed by atoms with Crippen molar-refractivity contribution in [3.63, 3.8) is 0 Å². The summed E-state index contributed by atoms with van der Waals surface area (Å²) in [4.78, 5) is 0. The summed E-state index contributed by atoms with van der Waals surface area (Å²) in [5.74, 6) is 0. The van der Waals surface area contributed by atoms with Crippen LogP contribution in [0.1, 0.15) is 34.2 Å². The Morgan fingerprint density at radius 1 is 0.793 bits per heavy atom. The fraction of sp³-hybridized carbons (Fsp3) is 0.154. The van der Waals surface area contributed by atoms with Gasteiger partial charge in [0.15, 0.2) is 0 Å². The third-order valence-electron chi connectivity index (χ3n) is 4.64. The lowest BCUT2D eigenvalue weighted by Crippen LogP contribution is -2.03. The summed E-state index contributed by atoms with van der Waals surface area (Å²) < 4.78 is 12.6. The maximum absolute atomic E-state index is 12.6. The highest BCUT2D eigenvalue weighted by molar-refractivity contribution is 6.13. The molecule has 0 unspecified atom stereocenters. The van der Waals surface area contributed by atoms with Crippen LogP contribution < -0.4 is 0 Å². The molecule has 0 fully saturated rings. The fourth-order valence-electron chi connectivity index (χ4n) is 3.01. The average molecular weight is 384 g/mol. The third kappa shape index (κ3) is 6.08. The highest BCUT2D eigenvalue weighted by atomic mass is 19.1. The maximum Gasteiger partial charge on any atom is 0.100 e. The van der Waals surface area contributed by atoms with E-state index in [4.69, 9.17) is 0 Å². The second kappa shape index (κ2) is 10.9. The lowest BCUT2D eigenvalue weighted by Gasteiger charge is -2.07. The van der Waals surface area contributed by atoms with E-state index < -0.39 is 0 Å². The first-order chi connectivity index (χ1) is 14.3. The summed E-state index contributed by atoms with van der Waals surface area (Å²) in [6.07, 6.45) is 6.09. The number of alkyl halides is 1. The van der Waals surface area contributed by atoms with Crippen molar-refractivity contribution in [2.75, 3.05) is 6.67 Å². The van der Waals surface area contributed by atoms with Crippen molar-refractivity contribution in [3.05, 3.63) is 119 Å². The van der Waals surface area contributed by atoms with Gasteiger partial charge in [0.2, 0.25) is 0 Å². The van der Waals surface area contributed by atoms with Gasteiger partial charge in [-0.2, -0.15) is 5.10 Å². The van der Waals surface area contributed by atoms with Gasteiger partial charge in [0.05, 0.1) is 12.9 Å². The van der Waals surface area contributed by atoms with Crippen LogP contribution in [0, 0.1) is 0 Å². The van der Waals surface area contributed by atoms with E-state index in [0.717, 1.165) is 40.8 Å². The molecule has 0 saturated carbocycles. The van der Waals surface area contributed by atoms with Crippen LogP contribution in [0.25, 0.3) is 0 Å². The second-order valence-corrected chi connectivity index (χ2v) is 6.76. The van der Waals surface area contributed by atoms with E-state index in [0.29, 0.717) is 6.42 Å². The van der Waals surface area contributed by atoms with E-state index in [1.165, 1.54) is 5.56 Å². The molecule has 0 aliphatic rings. The summed E-state index contributed by atoms with van der Waals surface area (Å²) in [6, 6.07) is 26.1. The summed E-state index contributed by atoms with van der Waals surface area (Å²) in [5, 5.41) is 8.84. The van der Waals surface area contributed by atoms with E-state index in [9.17, 15) is 4.39 Å². The monoisotopic (exact) mass is 384 g/mol. The zero-order valence-electron chi connectivity index (χ0n) is 16.5. The first-order valence-corrected chi connectivity index (χ1v) is 9.81. The minimum Gasteiger partial charge on any atom is -0.251 e. The molecular formula is C26H25FN2. The lowest BCUT2D eigenvalue weighted by atomic mass is 10.0. The molecule has 0 heterocycles. The molecule has 3 rings (SSSR count). The molecule has 3 aromatic rings. The van der Waals surface area contributed by atoms with Crippen molar-refractivity contribution < 1.29 is 4.39 Å². The molecule has 3 heteroatoms. The summed E-state index contributed by atoms with van der Waals surface area (Å²) in [7, 11) is 0. The maximum atomic E-state index is 12.6. The molecule has 0 amide bonds. The first-order valence-electron chi connectivity index (χ1n) is 9.81. The molecule has 0 radical (unpaired) electrons. The Bertz CT molecular complexity index is 956. The Kier molecular flexibility index (Phi) is 7.64. The number of hydrogen-bond acceptors (Lipinski definition) is 2. The highest BCUT2D eigenvalue weighted by Gasteiger charge is 2.07. The van der Waals surface area contributed by atoms with Crippen LogP contribution in [0.15, 0.2) is 102 Å². The second-order valence-electron chi connectivity index (χ2n) is 6.76. The largest absolute Gasteiger partial charge is 0.251 e. The van der Waals surface area contributed by atoms with Gasteiger partial charge in [-0.1, -0.05) is 84.9 Å². The van der Waals surface area contributed by atoms with Crippen molar-refractivity contribution in [3.8, 4) is 0 Å². The van der Waals surface area contributed by atoms with Gasteiger partial charge < -0.3 is 0 Å². The predicted molar refractivity (Wildman–Crippen MR) is 121 cm³/mol. The summed E-state index contributed by atoms with van der Waals surface area (Å²) in [5.41, 5.74) is 5.99. The number of aryl methyl sites for hydroxylation is 2. The molecule has 146 valence electrons. The van der Waals surface area contributed by atoms with Gasteiger partial charge in [-0.3, -0.25) is 4.39 Å². The van der Waals surface area contributed by atoms with E-state index >= 15 is 0 Å². The van der Waals surface area contributed by atoms with Crippen molar-refractivity contribution in [2.45, 2.75) is 19.3 Å². The first kappa shape index (κ1) is 20.4. The molecule has 0 aliphatic heterocycles. The Morgan fingerprint density at radius 3 is 2.07 bits per heavy atom. The standard InChI is InChI=1S/C26H25FN2/c1-2-3-7-21-10-12-23(13-11-21)20-28-29-26(24-8-5-4-6-9-24)25-16-14-22(15-17-25)18-19-27/h2,4-6,8-17,20H,1,3,7,18-19H2. The number of allylic oxidation sites excluding steroid dienone is 1. The summed E-state index contributed by atoms with van der Waals surface area (Å²) in [6.45, 7) is 3.41. The Labute approximate surface area is 172 Å². The van der Waals surface area contributed by atoms with Gasteiger partial charge in [-0.05, 0) is 29.5 Å². The van der Waals surface area contributed by atoms with Gasteiger partial charge in [0, 0.05) is 17.5 Å².